The first-order valence-electron chi connectivity index (χ1n) is 6.17. The Morgan fingerprint density at radius 3 is 3.06 bits per heavy atom. The van der Waals surface area contributed by atoms with Gasteiger partial charge in [-0.05, 0) is 31.4 Å². The SMILES string of the molecule is CC(CC1CC1)n1c(CCl)nc2cccnc21. The van der Waals surface area contributed by atoms with E-state index in [2.05, 4.69) is 21.5 Å². The number of hydrogen-bond donors (Lipinski definition) is 0. The zero-order valence-corrected chi connectivity index (χ0v) is 10.7. The largest absolute Gasteiger partial charge is 0.309 e. The van der Waals surface area contributed by atoms with Crippen LogP contribution in [0.3, 0.4) is 0 Å². The van der Waals surface area contributed by atoms with E-state index >= 15 is 0 Å². The molecule has 1 aliphatic carbocycles. The maximum absolute atomic E-state index is 5.99. The van der Waals surface area contributed by atoms with Crippen molar-refractivity contribution in [3.05, 3.63) is 24.2 Å². The van der Waals surface area contributed by atoms with Gasteiger partial charge in [-0.1, -0.05) is 12.8 Å². The molecule has 1 atom stereocenters. The molecule has 0 radical (unpaired) electrons. The maximum Gasteiger partial charge on any atom is 0.160 e. The van der Waals surface area contributed by atoms with E-state index in [-0.39, 0.29) is 0 Å². The van der Waals surface area contributed by atoms with Crippen LogP contribution in [0.5, 0.6) is 0 Å². The van der Waals surface area contributed by atoms with Gasteiger partial charge in [0.25, 0.3) is 0 Å². The Morgan fingerprint density at radius 1 is 1.53 bits per heavy atom. The molecule has 0 amide bonds. The van der Waals surface area contributed by atoms with Gasteiger partial charge in [0.2, 0.25) is 0 Å². The molecule has 1 unspecified atom stereocenters. The number of fused-ring (bicyclic) bond motifs is 1. The van der Waals surface area contributed by atoms with E-state index in [1.165, 1.54) is 19.3 Å². The molecule has 0 bridgehead atoms. The molecule has 4 heteroatoms. The first-order valence-corrected chi connectivity index (χ1v) is 6.71. The van der Waals surface area contributed by atoms with Crippen molar-refractivity contribution in [3.8, 4) is 0 Å². The summed E-state index contributed by atoms with van der Waals surface area (Å²) >= 11 is 5.99. The molecule has 0 aromatic carbocycles. The van der Waals surface area contributed by atoms with Crippen molar-refractivity contribution in [3.63, 3.8) is 0 Å². The van der Waals surface area contributed by atoms with E-state index in [4.69, 9.17) is 11.6 Å². The molecule has 1 fully saturated rings. The number of pyridine rings is 1. The van der Waals surface area contributed by atoms with E-state index in [1.807, 2.05) is 18.3 Å². The molecule has 0 saturated heterocycles. The Labute approximate surface area is 106 Å². The molecule has 17 heavy (non-hydrogen) atoms. The fourth-order valence-electron chi connectivity index (χ4n) is 2.48. The van der Waals surface area contributed by atoms with Crippen LogP contribution in [-0.2, 0) is 5.88 Å². The summed E-state index contributed by atoms with van der Waals surface area (Å²) in [4.78, 5) is 8.99. The Morgan fingerprint density at radius 2 is 2.35 bits per heavy atom. The third kappa shape index (κ3) is 2.04. The highest BCUT2D eigenvalue weighted by atomic mass is 35.5. The van der Waals surface area contributed by atoms with Gasteiger partial charge in [-0.15, -0.1) is 11.6 Å². The number of aromatic nitrogens is 3. The maximum atomic E-state index is 5.99. The minimum atomic E-state index is 0.441. The molecule has 1 aliphatic rings. The highest BCUT2D eigenvalue weighted by Gasteiger charge is 2.26. The predicted octanol–water partition coefficient (Wildman–Crippen LogP) is 3.53. The van der Waals surface area contributed by atoms with Gasteiger partial charge in [0.05, 0.1) is 5.88 Å². The molecule has 0 N–H and O–H groups in total. The van der Waals surface area contributed by atoms with Gasteiger partial charge in [0.15, 0.2) is 5.65 Å². The van der Waals surface area contributed by atoms with Crippen molar-refractivity contribution in [1.29, 1.82) is 0 Å². The molecular weight excluding hydrogens is 234 g/mol. The normalized spacial score (nSPS) is 17.5. The third-order valence-electron chi connectivity index (χ3n) is 3.45. The quantitative estimate of drug-likeness (QED) is 0.776. The van der Waals surface area contributed by atoms with Gasteiger partial charge in [0, 0.05) is 12.2 Å². The van der Waals surface area contributed by atoms with Crippen LogP contribution in [0.15, 0.2) is 18.3 Å². The summed E-state index contributed by atoms with van der Waals surface area (Å²) in [6.45, 7) is 2.24. The summed E-state index contributed by atoms with van der Waals surface area (Å²) < 4.78 is 2.21. The van der Waals surface area contributed by atoms with E-state index in [9.17, 15) is 0 Å². The molecule has 0 spiro atoms. The smallest absolute Gasteiger partial charge is 0.160 e. The van der Waals surface area contributed by atoms with Crippen LogP contribution >= 0.6 is 11.6 Å². The molecular formula is C13H16ClN3. The van der Waals surface area contributed by atoms with Crippen molar-refractivity contribution in [2.45, 2.75) is 38.1 Å². The fourth-order valence-corrected chi connectivity index (χ4v) is 2.66. The summed E-state index contributed by atoms with van der Waals surface area (Å²) in [6.07, 6.45) is 5.79. The molecule has 2 aromatic rings. The molecule has 3 nitrogen and oxygen atoms in total. The van der Waals surface area contributed by atoms with Crippen LogP contribution in [0.2, 0.25) is 0 Å². The van der Waals surface area contributed by atoms with Crippen LogP contribution in [0.1, 0.15) is 38.1 Å². The standard InChI is InChI=1S/C13H16ClN3/c1-9(7-10-4-5-10)17-12(8-14)16-11-3-2-6-15-13(11)17/h2-3,6,9-10H,4-5,7-8H2,1H3. The van der Waals surface area contributed by atoms with Gasteiger partial charge < -0.3 is 4.57 Å². The average molecular weight is 250 g/mol. The summed E-state index contributed by atoms with van der Waals surface area (Å²) in [7, 11) is 0. The van der Waals surface area contributed by atoms with E-state index in [0.717, 1.165) is 22.9 Å². The number of imidazole rings is 1. The minimum Gasteiger partial charge on any atom is -0.309 e. The first kappa shape index (κ1) is 11.0. The fraction of sp³-hybridized carbons (Fsp3) is 0.538. The number of hydrogen-bond acceptors (Lipinski definition) is 2. The van der Waals surface area contributed by atoms with Crippen molar-refractivity contribution in [2.24, 2.45) is 5.92 Å². The second-order valence-electron chi connectivity index (χ2n) is 4.91. The van der Waals surface area contributed by atoms with Crippen LogP contribution in [0.25, 0.3) is 11.2 Å². The van der Waals surface area contributed by atoms with E-state index in [1.54, 1.807) is 0 Å². The van der Waals surface area contributed by atoms with Crippen LogP contribution in [-0.4, -0.2) is 14.5 Å². The van der Waals surface area contributed by atoms with Crippen molar-refractivity contribution < 1.29 is 0 Å². The molecule has 1 saturated carbocycles. The summed E-state index contributed by atoms with van der Waals surface area (Å²) in [5, 5.41) is 0. The third-order valence-corrected chi connectivity index (χ3v) is 3.69. The van der Waals surface area contributed by atoms with Gasteiger partial charge >= 0.3 is 0 Å². The first-order chi connectivity index (χ1) is 8.29. The summed E-state index contributed by atoms with van der Waals surface area (Å²) in [5.41, 5.74) is 1.92. The number of nitrogens with zero attached hydrogens (tertiary/aromatic N) is 3. The van der Waals surface area contributed by atoms with Crippen LogP contribution in [0.4, 0.5) is 0 Å². The van der Waals surface area contributed by atoms with Crippen molar-refractivity contribution in [2.75, 3.05) is 0 Å². The molecule has 2 heterocycles. The monoisotopic (exact) mass is 249 g/mol. The zero-order valence-electron chi connectivity index (χ0n) is 9.93. The average Bonchev–Trinajstić information content (AvgIpc) is 3.06. The predicted molar refractivity (Wildman–Crippen MR) is 69.1 cm³/mol. The van der Waals surface area contributed by atoms with Gasteiger partial charge in [-0.2, -0.15) is 0 Å². The lowest BCUT2D eigenvalue weighted by Crippen LogP contribution is -2.09. The second-order valence-corrected chi connectivity index (χ2v) is 5.17. The summed E-state index contributed by atoms with van der Waals surface area (Å²) in [5.74, 6) is 2.29. The lowest BCUT2D eigenvalue weighted by atomic mass is 10.1. The Bertz CT molecular complexity index is 530. The lowest BCUT2D eigenvalue weighted by Gasteiger charge is -2.15. The van der Waals surface area contributed by atoms with Gasteiger partial charge in [-0.3, -0.25) is 0 Å². The number of rotatable bonds is 4. The molecule has 3 rings (SSSR count). The van der Waals surface area contributed by atoms with Gasteiger partial charge in [-0.25, -0.2) is 9.97 Å². The Hall–Kier alpha value is -1.09. The highest BCUT2D eigenvalue weighted by Crippen LogP contribution is 2.37. The van der Waals surface area contributed by atoms with Crippen molar-refractivity contribution >= 4 is 22.8 Å². The van der Waals surface area contributed by atoms with Crippen molar-refractivity contribution in [1.82, 2.24) is 14.5 Å². The molecule has 2 aromatic heterocycles. The lowest BCUT2D eigenvalue weighted by molar-refractivity contribution is 0.475. The number of halogens is 1. The van der Waals surface area contributed by atoms with Crippen LogP contribution < -0.4 is 0 Å². The van der Waals surface area contributed by atoms with E-state index in [0.29, 0.717) is 11.9 Å². The molecule has 90 valence electrons. The Kier molecular flexibility index (Phi) is 2.79. The van der Waals surface area contributed by atoms with Gasteiger partial charge in [0.1, 0.15) is 11.3 Å². The summed E-state index contributed by atoms with van der Waals surface area (Å²) in [6, 6.07) is 4.36. The Balaban J connectivity index is 2.04. The number of alkyl halides is 1. The zero-order chi connectivity index (χ0) is 11.8. The molecule has 0 aliphatic heterocycles. The van der Waals surface area contributed by atoms with Crippen LogP contribution in [0, 0.1) is 5.92 Å². The van der Waals surface area contributed by atoms with E-state index < -0.39 is 0 Å². The second kappa shape index (κ2) is 4.30. The topological polar surface area (TPSA) is 30.7 Å². The minimum absolute atomic E-state index is 0.441. The highest BCUT2D eigenvalue weighted by molar-refractivity contribution is 6.16.